The van der Waals surface area contributed by atoms with Crippen molar-refractivity contribution in [3.8, 4) is 5.69 Å². The largest absolute Gasteiger partial charge is 0.355 e. The molecule has 1 aromatic heterocycles. The second-order valence-electron chi connectivity index (χ2n) is 4.35. The number of para-hydroxylation sites is 1. The van der Waals surface area contributed by atoms with Gasteiger partial charge in [-0.05, 0) is 18.1 Å². The van der Waals surface area contributed by atoms with Gasteiger partial charge in [0, 0.05) is 24.6 Å². The molecule has 0 spiro atoms. The monoisotopic (exact) mass is 229 g/mol. The Morgan fingerprint density at radius 1 is 1.29 bits per heavy atom. The Labute approximate surface area is 103 Å². The average Bonchev–Trinajstić information content (AvgIpc) is 2.85. The number of benzene rings is 1. The lowest BCUT2D eigenvalue weighted by molar-refractivity contribution is 0.590. The predicted molar refractivity (Wildman–Crippen MR) is 71.5 cm³/mol. The number of hydrogen-bond donors (Lipinski definition) is 1. The van der Waals surface area contributed by atoms with E-state index in [4.69, 9.17) is 0 Å². The molecule has 0 bridgehead atoms. The first-order chi connectivity index (χ1) is 8.31. The summed E-state index contributed by atoms with van der Waals surface area (Å²) >= 11 is 0. The third-order valence-corrected chi connectivity index (χ3v) is 2.98. The lowest BCUT2D eigenvalue weighted by Crippen LogP contribution is -2.13. The minimum atomic E-state index is 0.663. The number of anilines is 1. The summed E-state index contributed by atoms with van der Waals surface area (Å²) < 4.78 is 2.07. The molecule has 0 amide bonds. The quantitative estimate of drug-likeness (QED) is 0.852. The Bertz CT molecular complexity index is 448. The van der Waals surface area contributed by atoms with Crippen molar-refractivity contribution in [2.45, 2.75) is 20.3 Å². The van der Waals surface area contributed by atoms with Crippen LogP contribution in [0, 0.1) is 5.92 Å². The van der Waals surface area contributed by atoms with Gasteiger partial charge in [0.15, 0.2) is 0 Å². The van der Waals surface area contributed by atoms with Gasteiger partial charge in [0.25, 0.3) is 0 Å². The van der Waals surface area contributed by atoms with Crippen molar-refractivity contribution in [2.75, 3.05) is 11.9 Å². The van der Waals surface area contributed by atoms with Crippen molar-refractivity contribution in [3.05, 3.63) is 42.7 Å². The summed E-state index contributed by atoms with van der Waals surface area (Å²) in [7, 11) is 0. The first kappa shape index (κ1) is 11.7. The van der Waals surface area contributed by atoms with Gasteiger partial charge in [-0.1, -0.05) is 38.5 Å². The molecule has 17 heavy (non-hydrogen) atoms. The molecule has 3 heteroatoms. The van der Waals surface area contributed by atoms with Crippen molar-refractivity contribution in [1.29, 1.82) is 0 Å². The number of nitrogens with zero attached hydrogens (tertiary/aromatic N) is 2. The lowest BCUT2D eigenvalue weighted by atomic mass is 10.1. The molecule has 90 valence electrons. The van der Waals surface area contributed by atoms with Gasteiger partial charge >= 0.3 is 0 Å². The van der Waals surface area contributed by atoms with Crippen molar-refractivity contribution in [1.82, 2.24) is 9.55 Å². The van der Waals surface area contributed by atoms with Crippen LogP contribution in [0.25, 0.3) is 5.69 Å². The fourth-order valence-corrected chi connectivity index (χ4v) is 1.64. The number of hydrogen-bond acceptors (Lipinski definition) is 2. The highest BCUT2D eigenvalue weighted by Crippen LogP contribution is 2.14. The molecule has 0 saturated carbocycles. The summed E-state index contributed by atoms with van der Waals surface area (Å²) in [6.07, 6.45) is 4.99. The molecule has 1 aromatic carbocycles. The molecule has 0 fully saturated rings. The molecular formula is C14H19N3. The van der Waals surface area contributed by atoms with Crippen molar-refractivity contribution in [3.63, 3.8) is 0 Å². The van der Waals surface area contributed by atoms with E-state index < -0.39 is 0 Å². The molecule has 0 radical (unpaired) electrons. The molecule has 0 aliphatic carbocycles. The van der Waals surface area contributed by atoms with E-state index in [1.807, 2.05) is 30.6 Å². The van der Waals surface area contributed by atoms with Gasteiger partial charge in [-0.2, -0.15) is 0 Å². The van der Waals surface area contributed by atoms with Crippen LogP contribution in [0.2, 0.25) is 0 Å². The maximum atomic E-state index is 4.35. The minimum absolute atomic E-state index is 0.663. The van der Waals surface area contributed by atoms with Gasteiger partial charge < -0.3 is 5.32 Å². The van der Waals surface area contributed by atoms with Crippen molar-refractivity contribution >= 4 is 5.95 Å². The molecule has 0 saturated heterocycles. The summed E-state index contributed by atoms with van der Waals surface area (Å²) in [5.74, 6) is 1.58. The molecule has 0 aliphatic heterocycles. The Morgan fingerprint density at radius 2 is 2.06 bits per heavy atom. The van der Waals surface area contributed by atoms with E-state index in [0.29, 0.717) is 5.92 Å². The van der Waals surface area contributed by atoms with Crippen LogP contribution in [0.3, 0.4) is 0 Å². The van der Waals surface area contributed by atoms with Crippen LogP contribution in [0.1, 0.15) is 20.3 Å². The van der Waals surface area contributed by atoms with Gasteiger partial charge in [0.1, 0.15) is 0 Å². The Balaban J connectivity index is 2.12. The molecule has 1 unspecified atom stereocenters. The van der Waals surface area contributed by atoms with Crippen LogP contribution in [0.4, 0.5) is 5.95 Å². The normalized spacial score (nSPS) is 12.4. The topological polar surface area (TPSA) is 29.9 Å². The maximum Gasteiger partial charge on any atom is 0.207 e. The van der Waals surface area contributed by atoms with E-state index in [9.17, 15) is 0 Å². The third-order valence-electron chi connectivity index (χ3n) is 2.98. The summed E-state index contributed by atoms with van der Waals surface area (Å²) in [6, 6.07) is 10.3. The third kappa shape index (κ3) is 2.87. The standard InChI is InChI=1S/C14H19N3/c1-3-12(2)11-16-14-15-9-10-17(14)13-7-5-4-6-8-13/h4-10,12H,3,11H2,1-2H3,(H,15,16). The van der Waals surface area contributed by atoms with Crippen molar-refractivity contribution < 1.29 is 0 Å². The van der Waals surface area contributed by atoms with Gasteiger partial charge in [-0.3, -0.25) is 4.57 Å². The molecule has 2 aromatic rings. The smallest absolute Gasteiger partial charge is 0.207 e. The number of nitrogens with one attached hydrogen (secondary N) is 1. The Hall–Kier alpha value is -1.77. The Morgan fingerprint density at radius 3 is 2.76 bits per heavy atom. The van der Waals surface area contributed by atoms with Crippen LogP contribution < -0.4 is 5.32 Å². The molecule has 0 aliphatic rings. The molecule has 2 rings (SSSR count). The first-order valence-corrected chi connectivity index (χ1v) is 6.14. The van der Waals surface area contributed by atoms with Crippen LogP contribution in [-0.2, 0) is 0 Å². The molecule has 3 nitrogen and oxygen atoms in total. The number of aromatic nitrogens is 2. The molecule has 1 heterocycles. The summed E-state index contributed by atoms with van der Waals surface area (Å²) in [5.41, 5.74) is 1.14. The van der Waals surface area contributed by atoms with E-state index in [1.54, 1.807) is 0 Å². The second-order valence-corrected chi connectivity index (χ2v) is 4.35. The van der Waals surface area contributed by atoms with Gasteiger partial charge in [-0.25, -0.2) is 4.98 Å². The summed E-state index contributed by atoms with van der Waals surface area (Å²) in [5, 5.41) is 3.39. The van der Waals surface area contributed by atoms with Gasteiger partial charge in [0.2, 0.25) is 5.95 Å². The van der Waals surface area contributed by atoms with E-state index in [-0.39, 0.29) is 0 Å². The minimum Gasteiger partial charge on any atom is -0.355 e. The zero-order valence-corrected chi connectivity index (χ0v) is 10.4. The summed E-state index contributed by atoms with van der Waals surface area (Å²) in [6.45, 7) is 5.40. The number of imidazole rings is 1. The van der Waals surface area contributed by atoms with Crippen LogP contribution in [0.15, 0.2) is 42.7 Å². The van der Waals surface area contributed by atoms with E-state index in [1.165, 1.54) is 6.42 Å². The lowest BCUT2D eigenvalue weighted by Gasteiger charge is -2.12. The highest BCUT2D eigenvalue weighted by molar-refractivity contribution is 5.41. The molecule has 1 N–H and O–H groups in total. The van der Waals surface area contributed by atoms with Gasteiger partial charge in [-0.15, -0.1) is 0 Å². The van der Waals surface area contributed by atoms with Crippen LogP contribution in [-0.4, -0.2) is 16.1 Å². The SMILES string of the molecule is CCC(C)CNc1nccn1-c1ccccc1. The van der Waals surface area contributed by atoms with Gasteiger partial charge in [0.05, 0.1) is 0 Å². The zero-order chi connectivity index (χ0) is 12.1. The Kier molecular flexibility index (Phi) is 3.81. The van der Waals surface area contributed by atoms with E-state index >= 15 is 0 Å². The average molecular weight is 229 g/mol. The van der Waals surface area contributed by atoms with E-state index in [0.717, 1.165) is 18.2 Å². The number of rotatable bonds is 5. The highest BCUT2D eigenvalue weighted by Gasteiger charge is 2.05. The van der Waals surface area contributed by atoms with E-state index in [2.05, 4.69) is 40.8 Å². The fourth-order valence-electron chi connectivity index (χ4n) is 1.64. The highest BCUT2D eigenvalue weighted by atomic mass is 15.2. The predicted octanol–water partition coefficient (Wildman–Crippen LogP) is 3.33. The zero-order valence-electron chi connectivity index (χ0n) is 10.4. The maximum absolute atomic E-state index is 4.35. The van der Waals surface area contributed by atoms with Crippen LogP contribution >= 0.6 is 0 Å². The van der Waals surface area contributed by atoms with Crippen molar-refractivity contribution in [2.24, 2.45) is 5.92 Å². The summed E-state index contributed by atoms with van der Waals surface area (Å²) in [4.78, 5) is 4.35. The fraction of sp³-hybridized carbons (Fsp3) is 0.357. The van der Waals surface area contributed by atoms with Crippen LogP contribution in [0.5, 0.6) is 0 Å². The first-order valence-electron chi connectivity index (χ1n) is 6.14. The molecule has 1 atom stereocenters. The second kappa shape index (κ2) is 5.53. The molecular weight excluding hydrogens is 210 g/mol.